The first-order valence-electron chi connectivity index (χ1n) is 6.88. The Morgan fingerprint density at radius 2 is 2.14 bits per heavy atom. The van der Waals surface area contributed by atoms with E-state index in [4.69, 9.17) is 14.4 Å². The molecule has 1 amide bonds. The van der Waals surface area contributed by atoms with Crippen molar-refractivity contribution in [2.75, 3.05) is 6.61 Å². The van der Waals surface area contributed by atoms with Gasteiger partial charge in [-0.05, 0) is 42.8 Å². The van der Waals surface area contributed by atoms with Gasteiger partial charge in [0.1, 0.15) is 23.2 Å². The summed E-state index contributed by atoms with van der Waals surface area (Å²) >= 11 is 0. The average Bonchev–Trinajstić information content (AvgIpc) is 3.05. The Kier molecular flexibility index (Phi) is 5.38. The van der Waals surface area contributed by atoms with E-state index in [1.807, 2.05) is 13.0 Å². The summed E-state index contributed by atoms with van der Waals surface area (Å²) in [6.45, 7) is 2.74. The van der Waals surface area contributed by atoms with Crippen molar-refractivity contribution in [2.24, 2.45) is 0 Å². The van der Waals surface area contributed by atoms with E-state index in [-0.39, 0.29) is 12.1 Å². The Labute approximate surface area is 128 Å². The van der Waals surface area contributed by atoms with Crippen LogP contribution in [0.1, 0.15) is 18.2 Å². The van der Waals surface area contributed by atoms with Crippen LogP contribution in [0.15, 0.2) is 52.7 Å². The van der Waals surface area contributed by atoms with E-state index >= 15 is 0 Å². The zero-order valence-electron chi connectivity index (χ0n) is 12.2. The lowest BCUT2D eigenvalue weighted by molar-refractivity contribution is -0.117. The van der Waals surface area contributed by atoms with Crippen LogP contribution in [0.25, 0.3) is 6.08 Å². The fourth-order valence-corrected chi connectivity index (χ4v) is 1.82. The predicted molar refractivity (Wildman–Crippen MR) is 81.8 cm³/mol. The number of hydrogen-bond acceptors (Lipinski definition) is 4. The molecule has 2 rings (SSSR count). The maximum Gasteiger partial charge on any atom is 0.262 e. The predicted octanol–water partition coefficient (Wildman–Crippen LogP) is 2.90. The highest BCUT2D eigenvalue weighted by atomic mass is 16.5. The molecule has 1 N–H and O–H groups in total. The number of nitrogens with zero attached hydrogens (tertiary/aromatic N) is 1. The molecular formula is C17H16N2O3. The first kappa shape index (κ1) is 15.4. The number of benzene rings is 1. The van der Waals surface area contributed by atoms with Gasteiger partial charge in [0, 0.05) is 0 Å². The summed E-state index contributed by atoms with van der Waals surface area (Å²) in [5.41, 5.74) is 0.795. The molecular weight excluding hydrogens is 280 g/mol. The van der Waals surface area contributed by atoms with Crippen molar-refractivity contribution in [1.29, 1.82) is 5.26 Å². The molecule has 2 aromatic rings. The van der Waals surface area contributed by atoms with Crippen LogP contribution in [-0.4, -0.2) is 12.5 Å². The third-order valence-corrected chi connectivity index (χ3v) is 2.87. The van der Waals surface area contributed by atoms with E-state index in [0.717, 1.165) is 11.3 Å². The fourth-order valence-electron chi connectivity index (χ4n) is 1.82. The summed E-state index contributed by atoms with van der Waals surface area (Å²) < 4.78 is 10.5. The largest absolute Gasteiger partial charge is 0.494 e. The highest BCUT2D eigenvalue weighted by Gasteiger charge is 2.09. The number of amides is 1. The SMILES string of the molecule is CCOc1ccc(/C=C(\C#N)C(=O)NCc2ccco2)cc1. The van der Waals surface area contributed by atoms with Crippen LogP contribution in [0.2, 0.25) is 0 Å². The van der Waals surface area contributed by atoms with Crippen molar-refractivity contribution < 1.29 is 13.9 Å². The van der Waals surface area contributed by atoms with Crippen LogP contribution in [0, 0.1) is 11.3 Å². The number of nitrogens with one attached hydrogen (secondary N) is 1. The van der Waals surface area contributed by atoms with Gasteiger partial charge in [-0.25, -0.2) is 0 Å². The molecule has 0 saturated heterocycles. The molecule has 0 saturated carbocycles. The molecule has 5 heteroatoms. The summed E-state index contributed by atoms with van der Waals surface area (Å²) in [6, 6.07) is 12.6. The molecule has 0 bridgehead atoms. The minimum absolute atomic E-state index is 0.0377. The second-order valence-electron chi connectivity index (χ2n) is 4.43. The van der Waals surface area contributed by atoms with Gasteiger partial charge in [-0.3, -0.25) is 4.79 Å². The molecule has 0 unspecified atom stereocenters. The van der Waals surface area contributed by atoms with Crippen LogP contribution in [0.5, 0.6) is 5.75 Å². The fraction of sp³-hybridized carbons (Fsp3) is 0.176. The summed E-state index contributed by atoms with van der Waals surface area (Å²) in [7, 11) is 0. The molecule has 112 valence electrons. The molecule has 0 aliphatic rings. The molecule has 0 radical (unpaired) electrons. The van der Waals surface area contributed by atoms with Crippen LogP contribution in [0.4, 0.5) is 0 Å². The standard InChI is InChI=1S/C17H16N2O3/c1-2-21-15-7-5-13(6-8-15)10-14(11-18)17(20)19-12-16-4-3-9-22-16/h3-10H,2,12H2,1H3,(H,19,20)/b14-10+. The van der Waals surface area contributed by atoms with Gasteiger partial charge in [-0.2, -0.15) is 5.26 Å². The highest BCUT2D eigenvalue weighted by molar-refractivity contribution is 6.01. The Hall–Kier alpha value is -3.00. The molecule has 0 aliphatic heterocycles. The van der Waals surface area contributed by atoms with Gasteiger partial charge in [-0.15, -0.1) is 0 Å². The molecule has 0 spiro atoms. The topological polar surface area (TPSA) is 75.3 Å². The minimum Gasteiger partial charge on any atom is -0.494 e. The third kappa shape index (κ3) is 4.25. The quantitative estimate of drug-likeness (QED) is 0.657. The average molecular weight is 296 g/mol. The van der Waals surface area contributed by atoms with Crippen LogP contribution < -0.4 is 10.1 Å². The monoisotopic (exact) mass is 296 g/mol. The summed E-state index contributed by atoms with van der Waals surface area (Å²) in [6.07, 6.45) is 3.07. The third-order valence-electron chi connectivity index (χ3n) is 2.87. The zero-order valence-corrected chi connectivity index (χ0v) is 12.2. The molecule has 22 heavy (non-hydrogen) atoms. The van der Waals surface area contributed by atoms with E-state index in [2.05, 4.69) is 5.32 Å². The maximum atomic E-state index is 12.0. The van der Waals surface area contributed by atoms with Crippen molar-refractivity contribution in [3.63, 3.8) is 0 Å². The number of hydrogen-bond donors (Lipinski definition) is 1. The molecule has 1 aromatic heterocycles. The second kappa shape index (κ2) is 7.70. The van der Waals surface area contributed by atoms with E-state index < -0.39 is 5.91 Å². The van der Waals surface area contributed by atoms with Gasteiger partial charge in [0.05, 0.1) is 19.4 Å². The lowest BCUT2D eigenvalue weighted by atomic mass is 10.1. The molecule has 0 aliphatic carbocycles. The Morgan fingerprint density at radius 1 is 1.36 bits per heavy atom. The normalized spacial score (nSPS) is 10.8. The van der Waals surface area contributed by atoms with E-state index in [9.17, 15) is 4.79 Å². The van der Waals surface area contributed by atoms with E-state index in [0.29, 0.717) is 12.4 Å². The Balaban J connectivity index is 2.03. The first-order valence-corrected chi connectivity index (χ1v) is 6.88. The first-order chi connectivity index (χ1) is 10.7. The Bertz CT molecular complexity index is 680. The Morgan fingerprint density at radius 3 is 2.73 bits per heavy atom. The number of rotatable bonds is 6. The van der Waals surface area contributed by atoms with Crippen LogP contribution in [-0.2, 0) is 11.3 Å². The van der Waals surface area contributed by atoms with Crippen molar-refractivity contribution >= 4 is 12.0 Å². The van der Waals surface area contributed by atoms with E-state index in [1.54, 1.807) is 36.4 Å². The van der Waals surface area contributed by atoms with Crippen molar-refractivity contribution in [3.05, 3.63) is 59.6 Å². The van der Waals surface area contributed by atoms with Crippen molar-refractivity contribution in [3.8, 4) is 11.8 Å². The zero-order chi connectivity index (χ0) is 15.8. The summed E-state index contributed by atoms with van der Waals surface area (Å²) in [4.78, 5) is 12.0. The van der Waals surface area contributed by atoms with E-state index in [1.165, 1.54) is 12.3 Å². The number of carbonyl (C=O) groups excluding carboxylic acids is 1. The molecule has 1 aromatic carbocycles. The molecule has 1 heterocycles. The summed E-state index contributed by atoms with van der Waals surface area (Å²) in [5, 5.41) is 11.8. The van der Waals surface area contributed by atoms with Gasteiger partial charge in [0.15, 0.2) is 0 Å². The number of furan rings is 1. The smallest absolute Gasteiger partial charge is 0.262 e. The van der Waals surface area contributed by atoms with Gasteiger partial charge >= 0.3 is 0 Å². The van der Waals surface area contributed by atoms with Crippen LogP contribution >= 0.6 is 0 Å². The molecule has 0 fully saturated rings. The molecule has 0 atom stereocenters. The van der Waals surface area contributed by atoms with Gasteiger partial charge < -0.3 is 14.5 Å². The van der Waals surface area contributed by atoms with Gasteiger partial charge in [0.2, 0.25) is 0 Å². The number of ether oxygens (including phenoxy) is 1. The summed E-state index contributed by atoms with van der Waals surface area (Å²) in [5.74, 6) is 0.944. The lowest BCUT2D eigenvalue weighted by Crippen LogP contribution is -2.23. The van der Waals surface area contributed by atoms with Gasteiger partial charge in [-0.1, -0.05) is 12.1 Å². The number of nitriles is 1. The highest BCUT2D eigenvalue weighted by Crippen LogP contribution is 2.14. The number of carbonyl (C=O) groups is 1. The second-order valence-corrected chi connectivity index (χ2v) is 4.43. The van der Waals surface area contributed by atoms with Crippen LogP contribution in [0.3, 0.4) is 0 Å². The van der Waals surface area contributed by atoms with Crippen molar-refractivity contribution in [2.45, 2.75) is 13.5 Å². The lowest BCUT2D eigenvalue weighted by Gasteiger charge is -2.04. The molecule has 5 nitrogen and oxygen atoms in total. The van der Waals surface area contributed by atoms with Crippen molar-refractivity contribution in [1.82, 2.24) is 5.32 Å². The minimum atomic E-state index is -0.437. The maximum absolute atomic E-state index is 12.0. The van der Waals surface area contributed by atoms with Gasteiger partial charge in [0.25, 0.3) is 5.91 Å².